The third-order valence-corrected chi connectivity index (χ3v) is 3.33. The molecule has 23 heavy (non-hydrogen) atoms. The summed E-state index contributed by atoms with van der Waals surface area (Å²) in [6.45, 7) is 1.75. The number of carbonyl (C=O) groups excluding carboxylic acids is 1. The number of anilines is 2. The van der Waals surface area contributed by atoms with Gasteiger partial charge < -0.3 is 20.1 Å². The van der Waals surface area contributed by atoms with Gasteiger partial charge in [0, 0.05) is 30.1 Å². The average Bonchev–Trinajstić information content (AvgIpc) is 2.56. The summed E-state index contributed by atoms with van der Waals surface area (Å²) in [5.74, 6) is 1.50. The maximum absolute atomic E-state index is 12.2. The minimum Gasteiger partial charge on any atom is -0.497 e. The first kappa shape index (κ1) is 16.9. The van der Waals surface area contributed by atoms with E-state index in [-0.39, 0.29) is 5.91 Å². The molecular weight excluding hydrogens is 318 g/mol. The molecule has 0 unspecified atom stereocenters. The van der Waals surface area contributed by atoms with Gasteiger partial charge in [0.1, 0.15) is 23.4 Å². The highest BCUT2D eigenvalue weighted by Crippen LogP contribution is 2.26. The van der Waals surface area contributed by atoms with Gasteiger partial charge in [-0.15, -0.1) is 0 Å². The number of amides is 1. The molecule has 2 aromatic rings. The Bertz CT molecular complexity index is 655. The standard InChI is InChI=1S/C16H18ClN3O3/c1-10(16(21)20-15-5-4-11(17)9-18-15)19-12-6-13(22-2)8-14(7-12)23-3/h4-10,19H,1-3H3,(H,18,20,21)/t10-/m0/s1. The third kappa shape index (κ3) is 4.75. The highest BCUT2D eigenvalue weighted by Gasteiger charge is 2.14. The van der Waals surface area contributed by atoms with Gasteiger partial charge in [0.25, 0.3) is 0 Å². The summed E-state index contributed by atoms with van der Waals surface area (Å²) in [5, 5.41) is 6.32. The fourth-order valence-electron chi connectivity index (χ4n) is 1.89. The van der Waals surface area contributed by atoms with Crippen LogP contribution in [0, 0.1) is 0 Å². The number of methoxy groups -OCH3 is 2. The van der Waals surface area contributed by atoms with Crippen molar-refractivity contribution in [1.82, 2.24) is 4.98 Å². The van der Waals surface area contributed by atoms with Crippen LogP contribution in [0.5, 0.6) is 11.5 Å². The summed E-state index contributed by atoms with van der Waals surface area (Å²) < 4.78 is 10.4. The molecule has 7 heteroatoms. The van der Waals surface area contributed by atoms with Crippen molar-refractivity contribution in [2.45, 2.75) is 13.0 Å². The Balaban J connectivity index is 2.04. The Kier molecular flexibility index (Phi) is 5.65. The molecule has 1 aromatic heterocycles. The lowest BCUT2D eigenvalue weighted by Gasteiger charge is -2.16. The molecule has 2 rings (SSSR count). The van der Waals surface area contributed by atoms with Crippen LogP contribution in [0.3, 0.4) is 0 Å². The lowest BCUT2D eigenvalue weighted by Crippen LogP contribution is -2.32. The Labute approximate surface area is 139 Å². The van der Waals surface area contributed by atoms with Crippen molar-refractivity contribution in [1.29, 1.82) is 0 Å². The first-order valence-corrected chi connectivity index (χ1v) is 7.31. The number of pyridine rings is 1. The Morgan fingerprint density at radius 3 is 2.35 bits per heavy atom. The smallest absolute Gasteiger partial charge is 0.247 e. The second-order valence-corrected chi connectivity index (χ2v) is 5.25. The topological polar surface area (TPSA) is 72.5 Å². The first-order valence-electron chi connectivity index (χ1n) is 6.94. The molecule has 0 aliphatic carbocycles. The van der Waals surface area contributed by atoms with Gasteiger partial charge in [-0.2, -0.15) is 0 Å². The molecule has 0 aliphatic rings. The van der Waals surface area contributed by atoms with Crippen molar-refractivity contribution in [3.63, 3.8) is 0 Å². The van der Waals surface area contributed by atoms with Gasteiger partial charge in [-0.25, -0.2) is 4.98 Å². The molecule has 1 atom stereocenters. The lowest BCUT2D eigenvalue weighted by atomic mass is 10.2. The maximum atomic E-state index is 12.2. The molecule has 6 nitrogen and oxygen atoms in total. The summed E-state index contributed by atoms with van der Waals surface area (Å²) in [7, 11) is 3.14. The van der Waals surface area contributed by atoms with E-state index >= 15 is 0 Å². The monoisotopic (exact) mass is 335 g/mol. The van der Waals surface area contributed by atoms with Gasteiger partial charge >= 0.3 is 0 Å². The normalized spacial score (nSPS) is 11.5. The second kappa shape index (κ2) is 7.69. The molecule has 0 saturated heterocycles. The molecule has 0 aliphatic heterocycles. The Hall–Kier alpha value is -2.47. The van der Waals surface area contributed by atoms with Crippen LogP contribution in [-0.4, -0.2) is 31.2 Å². The quantitative estimate of drug-likeness (QED) is 0.848. The molecule has 0 saturated carbocycles. The lowest BCUT2D eigenvalue weighted by molar-refractivity contribution is -0.116. The van der Waals surface area contributed by atoms with Crippen LogP contribution in [0.4, 0.5) is 11.5 Å². The van der Waals surface area contributed by atoms with Gasteiger partial charge in [0.15, 0.2) is 0 Å². The van der Waals surface area contributed by atoms with Crippen molar-refractivity contribution in [2.24, 2.45) is 0 Å². The fraction of sp³-hybridized carbons (Fsp3) is 0.250. The molecule has 1 amide bonds. The van der Waals surface area contributed by atoms with E-state index in [1.54, 1.807) is 51.5 Å². The van der Waals surface area contributed by atoms with Crippen LogP contribution >= 0.6 is 11.6 Å². The predicted octanol–water partition coefficient (Wildman–Crippen LogP) is 3.19. The van der Waals surface area contributed by atoms with Crippen LogP contribution in [0.2, 0.25) is 5.02 Å². The number of halogens is 1. The molecule has 1 aromatic carbocycles. The zero-order valence-electron chi connectivity index (χ0n) is 13.1. The molecule has 0 bridgehead atoms. The number of benzene rings is 1. The van der Waals surface area contributed by atoms with E-state index in [1.165, 1.54) is 6.20 Å². The molecular formula is C16H18ClN3O3. The van der Waals surface area contributed by atoms with E-state index in [0.717, 1.165) is 0 Å². The first-order chi connectivity index (χ1) is 11.0. The molecule has 0 radical (unpaired) electrons. The minimum absolute atomic E-state index is 0.221. The third-order valence-electron chi connectivity index (χ3n) is 3.11. The van der Waals surface area contributed by atoms with Gasteiger partial charge in [0.2, 0.25) is 5.91 Å². The number of rotatable bonds is 6. The van der Waals surface area contributed by atoms with Crippen LogP contribution in [0.1, 0.15) is 6.92 Å². The van der Waals surface area contributed by atoms with E-state index < -0.39 is 6.04 Å². The number of ether oxygens (including phenoxy) is 2. The minimum atomic E-state index is -0.482. The van der Waals surface area contributed by atoms with Crippen LogP contribution in [0.25, 0.3) is 0 Å². The van der Waals surface area contributed by atoms with Gasteiger partial charge in [-0.1, -0.05) is 11.6 Å². The second-order valence-electron chi connectivity index (χ2n) is 4.82. The Morgan fingerprint density at radius 1 is 1.17 bits per heavy atom. The van der Waals surface area contributed by atoms with Crippen molar-refractivity contribution in [2.75, 3.05) is 24.9 Å². The van der Waals surface area contributed by atoms with E-state index in [9.17, 15) is 4.79 Å². The summed E-state index contributed by atoms with van der Waals surface area (Å²) in [4.78, 5) is 16.2. The highest BCUT2D eigenvalue weighted by molar-refractivity contribution is 6.30. The zero-order valence-corrected chi connectivity index (χ0v) is 13.8. The number of hydrogen-bond acceptors (Lipinski definition) is 5. The maximum Gasteiger partial charge on any atom is 0.247 e. The molecule has 1 heterocycles. The van der Waals surface area contributed by atoms with E-state index in [1.807, 2.05) is 0 Å². The predicted molar refractivity (Wildman–Crippen MR) is 90.5 cm³/mol. The Morgan fingerprint density at radius 2 is 1.83 bits per heavy atom. The molecule has 122 valence electrons. The van der Waals surface area contributed by atoms with Crippen LogP contribution < -0.4 is 20.1 Å². The van der Waals surface area contributed by atoms with E-state index in [4.69, 9.17) is 21.1 Å². The van der Waals surface area contributed by atoms with Gasteiger partial charge in [-0.3, -0.25) is 4.79 Å². The van der Waals surface area contributed by atoms with E-state index in [2.05, 4.69) is 15.6 Å². The average molecular weight is 336 g/mol. The number of hydrogen-bond donors (Lipinski definition) is 2. The number of nitrogens with one attached hydrogen (secondary N) is 2. The largest absolute Gasteiger partial charge is 0.497 e. The number of nitrogens with zero attached hydrogens (tertiary/aromatic N) is 1. The van der Waals surface area contributed by atoms with Gasteiger partial charge in [-0.05, 0) is 19.1 Å². The summed E-state index contributed by atoms with van der Waals surface area (Å²) in [6, 6.07) is 8.15. The molecule has 2 N–H and O–H groups in total. The van der Waals surface area contributed by atoms with Crippen molar-refractivity contribution < 1.29 is 14.3 Å². The van der Waals surface area contributed by atoms with Gasteiger partial charge in [0.05, 0.1) is 19.2 Å². The summed E-state index contributed by atoms with van der Waals surface area (Å²) in [5.41, 5.74) is 0.716. The van der Waals surface area contributed by atoms with Crippen LogP contribution in [-0.2, 0) is 4.79 Å². The number of aromatic nitrogens is 1. The van der Waals surface area contributed by atoms with Crippen molar-refractivity contribution in [3.05, 3.63) is 41.6 Å². The van der Waals surface area contributed by atoms with Crippen LogP contribution in [0.15, 0.2) is 36.5 Å². The fourth-order valence-corrected chi connectivity index (χ4v) is 2.00. The molecule has 0 spiro atoms. The highest BCUT2D eigenvalue weighted by atomic mass is 35.5. The summed E-state index contributed by atoms with van der Waals surface area (Å²) in [6.07, 6.45) is 1.47. The number of carbonyl (C=O) groups is 1. The SMILES string of the molecule is COc1cc(N[C@@H](C)C(=O)Nc2ccc(Cl)cn2)cc(OC)c1. The van der Waals surface area contributed by atoms with Crippen molar-refractivity contribution >= 4 is 29.0 Å². The molecule has 0 fully saturated rings. The van der Waals surface area contributed by atoms with Crippen molar-refractivity contribution in [3.8, 4) is 11.5 Å². The zero-order chi connectivity index (χ0) is 16.8. The summed E-state index contributed by atoms with van der Waals surface area (Å²) >= 11 is 5.76. The van der Waals surface area contributed by atoms with E-state index in [0.29, 0.717) is 28.0 Å².